The second kappa shape index (κ2) is 7.00. The second-order valence-corrected chi connectivity index (χ2v) is 7.34. The molecule has 0 radical (unpaired) electrons. The third-order valence-electron chi connectivity index (χ3n) is 5.94. The Morgan fingerprint density at radius 1 is 1.54 bits per heavy atom. The predicted molar refractivity (Wildman–Crippen MR) is 97.1 cm³/mol. The normalized spacial score (nSPS) is 31.9. The van der Waals surface area contributed by atoms with Crippen molar-refractivity contribution in [1.82, 2.24) is 15.3 Å². The lowest BCUT2D eigenvalue weighted by Crippen LogP contribution is -2.42. The Balaban J connectivity index is 1.43. The van der Waals surface area contributed by atoms with Crippen LogP contribution >= 0.6 is 0 Å². The van der Waals surface area contributed by atoms with Gasteiger partial charge in [0.05, 0.1) is 18.2 Å². The van der Waals surface area contributed by atoms with Gasteiger partial charge in [0.25, 0.3) is 0 Å². The van der Waals surface area contributed by atoms with E-state index in [1.165, 1.54) is 0 Å². The quantitative estimate of drug-likeness (QED) is 0.737. The average molecular weight is 361 g/mol. The molecule has 26 heavy (non-hydrogen) atoms. The van der Waals surface area contributed by atoms with Crippen LogP contribution in [0.4, 0.5) is 11.8 Å². The van der Waals surface area contributed by atoms with Gasteiger partial charge >= 0.3 is 0 Å². The zero-order valence-electron chi connectivity index (χ0n) is 15.4. The van der Waals surface area contributed by atoms with Crippen LogP contribution in [-0.2, 0) is 14.3 Å². The molecule has 0 saturated carbocycles. The van der Waals surface area contributed by atoms with Crippen LogP contribution < -0.4 is 15.5 Å². The molecule has 142 valence electrons. The number of fused-ring (bicyclic) bond motifs is 1. The molecule has 3 saturated heterocycles. The average Bonchev–Trinajstić information content (AvgIpc) is 3.33. The maximum absolute atomic E-state index is 11.9. The number of ether oxygens (including phenoxy) is 2. The topological polar surface area (TPSA) is 88.6 Å². The van der Waals surface area contributed by atoms with Crippen LogP contribution in [0.1, 0.15) is 19.8 Å². The first-order chi connectivity index (χ1) is 12.6. The van der Waals surface area contributed by atoms with Gasteiger partial charge in [-0.25, -0.2) is 4.98 Å². The summed E-state index contributed by atoms with van der Waals surface area (Å²) in [6, 6.07) is 1.86. The van der Waals surface area contributed by atoms with E-state index in [1.807, 2.05) is 20.0 Å². The molecule has 0 aliphatic carbocycles. The first-order valence-electron chi connectivity index (χ1n) is 9.43. The SMILES string of the molecule is CCOCC(=O)NC[C@H]1[C@H]2CN(c3nccc(NC)n3)C[C@]23CC[C@H]1O3. The van der Waals surface area contributed by atoms with Gasteiger partial charge in [-0.3, -0.25) is 4.79 Å². The summed E-state index contributed by atoms with van der Waals surface area (Å²) >= 11 is 0. The monoisotopic (exact) mass is 361 g/mol. The maximum atomic E-state index is 11.9. The van der Waals surface area contributed by atoms with Gasteiger partial charge in [-0.2, -0.15) is 4.98 Å². The maximum Gasteiger partial charge on any atom is 0.246 e. The second-order valence-electron chi connectivity index (χ2n) is 7.34. The minimum absolute atomic E-state index is 0.0522. The summed E-state index contributed by atoms with van der Waals surface area (Å²) in [5, 5.41) is 6.09. The third-order valence-corrected chi connectivity index (χ3v) is 5.94. The van der Waals surface area contributed by atoms with E-state index in [0.29, 0.717) is 25.0 Å². The van der Waals surface area contributed by atoms with Crippen molar-refractivity contribution >= 4 is 17.7 Å². The molecule has 4 rings (SSSR count). The lowest BCUT2D eigenvalue weighted by Gasteiger charge is -2.29. The summed E-state index contributed by atoms with van der Waals surface area (Å²) in [6.45, 7) is 4.91. The highest BCUT2D eigenvalue weighted by atomic mass is 16.5. The van der Waals surface area contributed by atoms with Gasteiger partial charge in [0.2, 0.25) is 11.9 Å². The van der Waals surface area contributed by atoms with Crippen molar-refractivity contribution in [2.45, 2.75) is 31.5 Å². The fraction of sp³-hybridized carbons (Fsp3) is 0.722. The minimum Gasteiger partial charge on any atom is -0.373 e. The molecule has 1 aromatic rings. The van der Waals surface area contributed by atoms with Gasteiger partial charge in [0.1, 0.15) is 12.4 Å². The van der Waals surface area contributed by atoms with Crippen LogP contribution in [0.25, 0.3) is 0 Å². The van der Waals surface area contributed by atoms with Crippen LogP contribution in [0.2, 0.25) is 0 Å². The van der Waals surface area contributed by atoms with E-state index in [1.54, 1.807) is 6.20 Å². The number of carbonyl (C=O) groups is 1. The largest absolute Gasteiger partial charge is 0.373 e. The number of nitrogens with one attached hydrogen (secondary N) is 2. The van der Waals surface area contributed by atoms with Gasteiger partial charge in [0, 0.05) is 44.8 Å². The number of anilines is 2. The van der Waals surface area contributed by atoms with Crippen LogP contribution in [0.5, 0.6) is 0 Å². The molecule has 2 N–H and O–H groups in total. The van der Waals surface area contributed by atoms with Gasteiger partial charge < -0.3 is 25.0 Å². The molecule has 2 bridgehead atoms. The van der Waals surface area contributed by atoms with Crippen molar-refractivity contribution in [1.29, 1.82) is 0 Å². The first-order valence-corrected chi connectivity index (χ1v) is 9.43. The zero-order chi connectivity index (χ0) is 18.1. The summed E-state index contributed by atoms with van der Waals surface area (Å²) in [4.78, 5) is 23.1. The van der Waals surface area contributed by atoms with E-state index >= 15 is 0 Å². The highest BCUT2D eigenvalue weighted by Gasteiger charge is 2.63. The molecule has 4 heterocycles. The zero-order valence-corrected chi connectivity index (χ0v) is 15.4. The van der Waals surface area contributed by atoms with Gasteiger partial charge in [-0.15, -0.1) is 0 Å². The summed E-state index contributed by atoms with van der Waals surface area (Å²) in [5.41, 5.74) is -0.112. The van der Waals surface area contributed by atoms with Crippen molar-refractivity contribution in [3.05, 3.63) is 12.3 Å². The molecule has 8 nitrogen and oxygen atoms in total. The Bertz CT molecular complexity index is 672. The highest BCUT2D eigenvalue weighted by molar-refractivity contribution is 5.77. The number of amides is 1. The Kier molecular flexibility index (Phi) is 4.71. The van der Waals surface area contributed by atoms with Crippen molar-refractivity contribution in [3.8, 4) is 0 Å². The van der Waals surface area contributed by atoms with Crippen molar-refractivity contribution in [3.63, 3.8) is 0 Å². The number of hydrogen-bond acceptors (Lipinski definition) is 7. The van der Waals surface area contributed by atoms with Gasteiger partial charge in [-0.05, 0) is 25.8 Å². The Morgan fingerprint density at radius 3 is 3.23 bits per heavy atom. The molecule has 0 unspecified atom stereocenters. The van der Waals surface area contributed by atoms with E-state index < -0.39 is 0 Å². The molecule has 1 spiro atoms. The number of carbonyl (C=O) groups excluding carboxylic acids is 1. The molecule has 3 aliphatic rings. The Hall–Kier alpha value is -1.93. The molecule has 1 amide bonds. The fourth-order valence-electron chi connectivity index (χ4n) is 4.73. The summed E-state index contributed by atoms with van der Waals surface area (Å²) < 4.78 is 11.6. The Morgan fingerprint density at radius 2 is 2.42 bits per heavy atom. The molecule has 3 aliphatic heterocycles. The van der Waals surface area contributed by atoms with Crippen molar-refractivity contribution in [2.24, 2.45) is 11.8 Å². The van der Waals surface area contributed by atoms with Gasteiger partial charge in [0.15, 0.2) is 0 Å². The van der Waals surface area contributed by atoms with E-state index in [0.717, 1.165) is 37.7 Å². The fourth-order valence-corrected chi connectivity index (χ4v) is 4.73. The summed E-state index contributed by atoms with van der Waals surface area (Å²) in [7, 11) is 1.86. The highest BCUT2D eigenvalue weighted by Crippen LogP contribution is 2.54. The number of nitrogens with zero attached hydrogens (tertiary/aromatic N) is 3. The predicted octanol–water partition coefficient (Wildman–Crippen LogP) is 0.655. The molecular weight excluding hydrogens is 334 g/mol. The van der Waals surface area contributed by atoms with E-state index in [4.69, 9.17) is 9.47 Å². The number of rotatable bonds is 7. The number of hydrogen-bond donors (Lipinski definition) is 2. The van der Waals surface area contributed by atoms with Crippen LogP contribution in [0.3, 0.4) is 0 Å². The summed E-state index contributed by atoms with van der Waals surface area (Å²) in [6.07, 6.45) is 4.17. The standard InChI is InChI=1S/C18H27N5O3/c1-3-25-10-16(24)21-8-12-13-9-23(11-18(13)6-4-14(12)26-18)17-20-7-5-15(19-2)22-17/h5,7,12-14H,3-4,6,8-11H2,1-2H3,(H,21,24)(H,19,20,22)/t12-,13+,14+,18+/m0/s1. The Labute approximate surface area is 153 Å². The minimum atomic E-state index is -0.112. The van der Waals surface area contributed by atoms with Crippen LogP contribution in [-0.4, -0.2) is 67.5 Å². The van der Waals surface area contributed by atoms with E-state index in [9.17, 15) is 4.79 Å². The first kappa shape index (κ1) is 17.5. The van der Waals surface area contributed by atoms with Gasteiger partial charge in [-0.1, -0.05) is 0 Å². The molecule has 0 aromatic carbocycles. The van der Waals surface area contributed by atoms with Crippen LogP contribution in [0, 0.1) is 11.8 Å². The molecule has 1 aromatic heterocycles. The van der Waals surface area contributed by atoms with E-state index in [2.05, 4.69) is 25.5 Å². The molecule has 3 fully saturated rings. The number of aromatic nitrogens is 2. The molecule has 8 heteroatoms. The molecule has 4 atom stereocenters. The smallest absolute Gasteiger partial charge is 0.246 e. The van der Waals surface area contributed by atoms with Crippen molar-refractivity contribution < 1.29 is 14.3 Å². The third kappa shape index (κ3) is 3.01. The summed E-state index contributed by atoms with van der Waals surface area (Å²) in [5.74, 6) is 2.24. The van der Waals surface area contributed by atoms with Crippen LogP contribution in [0.15, 0.2) is 12.3 Å². The lowest BCUT2D eigenvalue weighted by atomic mass is 9.73. The van der Waals surface area contributed by atoms with Crippen molar-refractivity contribution in [2.75, 3.05) is 50.1 Å². The lowest BCUT2D eigenvalue weighted by molar-refractivity contribution is -0.125. The molecular formula is C18H27N5O3. The van der Waals surface area contributed by atoms with E-state index in [-0.39, 0.29) is 24.2 Å².